The fraction of sp³-hybridized carbons (Fsp3) is 0.421. The standard InChI is InChI=1S/C19H24O3/c1-2-3-5-12-16-14-18(20)17(19(21)22-16)13-8-11-15-9-6-4-7-10-15/h4,6-7,9-10,14,20H,2-3,5,8,11-13H2,1H3. The quantitative estimate of drug-likeness (QED) is 0.741. The zero-order chi connectivity index (χ0) is 15.8. The number of rotatable bonds is 8. The first-order chi connectivity index (χ1) is 10.7. The molecule has 1 aromatic carbocycles. The molecule has 0 saturated carbocycles. The smallest absolute Gasteiger partial charge is 0.342 e. The summed E-state index contributed by atoms with van der Waals surface area (Å²) in [5, 5.41) is 10.1. The molecule has 0 aliphatic rings. The van der Waals surface area contributed by atoms with Crippen LogP contribution in [0.2, 0.25) is 0 Å². The second-order valence-electron chi connectivity index (χ2n) is 5.66. The molecule has 0 spiro atoms. The van der Waals surface area contributed by atoms with Crippen molar-refractivity contribution >= 4 is 0 Å². The molecule has 0 radical (unpaired) electrons. The lowest BCUT2D eigenvalue weighted by Crippen LogP contribution is -2.09. The van der Waals surface area contributed by atoms with Crippen LogP contribution in [0.25, 0.3) is 0 Å². The summed E-state index contributed by atoms with van der Waals surface area (Å²) in [6.45, 7) is 2.13. The van der Waals surface area contributed by atoms with Gasteiger partial charge in [-0.2, -0.15) is 0 Å². The van der Waals surface area contributed by atoms with Gasteiger partial charge in [0.25, 0.3) is 0 Å². The van der Waals surface area contributed by atoms with E-state index in [0.29, 0.717) is 24.2 Å². The van der Waals surface area contributed by atoms with Crippen LogP contribution in [0.4, 0.5) is 0 Å². The van der Waals surface area contributed by atoms with Crippen molar-refractivity contribution in [3.05, 3.63) is 63.7 Å². The zero-order valence-corrected chi connectivity index (χ0v) is 13.2. The van der Waals surface area contributed by atoms with E-state index in [1.165, 1.54) is 5.56 Å². The molecule has 0 saturated heterocycles. The summed E-state index contributed by atoms with van der Waals surface area (Å²) in [6.07, 6.45) is 6.15. The topological polar surface area (TPSA) is 50.4 Å². The maximum absolute atomic E-state index is 12.0. The monoisotopic (exact) mass is 300 g/mol. The molecule has 3 nitrogen and oxygen atoms in total. The second kappa shape index (κ2) is 8.42. The number of hydrogen-bond donors (Lipinski definition) is 1. The minimum absolute atomic E-state index is 0.0795. The number of aromatic hydroxyl groups is 1. The number of unbranched alkanes of at least 4 members (excludes halogenated alkanes) is 2. The van der Waals surface area contributed by atoms with E-state index in [1.54, 1.807) is 6.07 Å². The van der Waals surface area contributed by atoms with Crippen LogP contribution in [0.15, 0.2) is 45.6 Å². The van der Waals surface area contributed by atoms with Crippen molar-refractivity contribution in [1.82, 2.24) is 0 Å². The van der Waals surface area contributed by atoms with Gasteiger partial charge in [0.15, 0.2) is 0 Å². The van der Waals surface area contributed by atoms with Crippen molar-refractivity contribution in [2.75, 3.05) is 0 Å². The minimum Gasteiger partial charge on any atom is -0.507 e. The third-order valence-corrected chi connectivity index (χ3v) is 3.84. The van der Waals surface area contributed by atoms with Crippen LogP contribution in [0.1, 0.15) is 49.5 Å². The zero-order valence-electron chi connectivity index (χ0n) is 13.2. The van der Waals surface area contributed by atoms with Crippen LogP contribution in [0.5, 0.6) is 5.75 Å². The highest BCUT2D eigenvalue weighted by Crippen LogP contribution is 2.19. The normalized spacial score (nSPS) is 10.8. The molecular weight excluding hydrogens is 276 g/mol. The lowest BCUT2D eigenvalue weighted by atomic mass is 10.0. The third kappa shape index (κ3) is 4.76. The van der Waals surface area contributed by atoms with Crippen molar-refractivity contribution in [3.63, 3.8) is 0 Å². The second-order valence-corrected chi connectivity index (χ2v) is 5.66. The molecular formula is C19H24O3. The number of benzene rings is 1. The van der Waals surface area contributed by atoms with Crippen LogP contribution < -0.4 is 5.63 Å². The number of aryl methyl sites for hydroxylation is 2. The molecule has 0 aliphatic heterocycles. The average molecular weight is 300 g/mol. The van der Waals surface area contributed by atoms with Crippen LogP contribution in [-0.2, 0) is 19.3 Å². The predicted molar refractivity (Wildman–Crippen MR) is 88.3 cm³/mol. The largest absolute Gasteiger partial charge is 0.507 e. The molecule has 3 heteroatoms. The van der Waals surface area contributed by atoms with Gasteiger partial charge in [-0.3, -0.25) is 0 Å². The highest BCUT2D eigenvalue weighted by Gasteiger charge is 2.11. The van der Waals surface area contributed by atoms with Crippen molar-refractivity contribution in [2.45, 2.75) is 51.9 Å². The molecule has 2 aromatic rings. The van der Waals surface area contributed by atoms with Crippen molar-refractivity contribution in [3.8, 4) is 5.75 Å². The Morgan fingerprint density at radius 1 is 1.00 bits per heavy atom. The maximum Gasteiger partial charge on any atom is 0.342 e. The molecule has 0 aliphatic carbocycles. The molecule has 22 heavy (non-hydrogen) atoms. The lowest BCUT2D eigenvalue weighted by Gasteiger charge is -2.06. The van der Waals surface area contributed by atoms with Gasteiger partial charge in [0.05, 0.1) is 5.56 Å². The van der Waals surface area contributed by atoms with Gasteiger partial charge < -0.3 is 9.52 Å². The fourth-order valence-corrected chi connectivity index (χ4v) is 2.57. The predicted octanol–water partition coefficient (Wildman–Crippen LogP) is 4.25. The Hall–Kier alpha value is -2.03. The van der Waals surface area contributed by atoms with Gasteiger partial charge in [0.1, 0.15) is 11.5 Å². The Kier molecular flexibility index (Phi) is 6.26. The SMILES string of the molecule is CCCCCc1cc(O)c(CCCc2ccccc2)c(=O)o1. The molecule has 1 N–H and O–H groups in total. The first kappa shape index (κ1) is 16.3. The van der Waals surface area contributed by atoms with Crippen molar-refractivity contribution in [2.24, 2.45) is 0 Å². The fourth-order valence-electron chi connectivity index (χ4n) is 2.57. The van der Waals surface area contributed by atoms with Gasteiger partial charge in [-0.15, -0.1) is 0 Å². The van der Waals surface area contributed by atoms with Gasteiger partial charge in [0, 0.05) is 12.5 Å². The average Bonchev–Trinajstić information content (AvgIpc) is 2.51. The van der Waals surface area contributed by atoms with E-state index in [2.05, 4.69) is 19.1 Å². The highest BCUT2D eigenvalue weighted by molar-refractivity contribution is 5.30. The van der Waals surface area contributed by atoms with Gasteiger partial charge in [-0.1, -0.05) is 50.1 Å². The molecule has 118 valence electrons. The molecule has 0 bridgehead atoms. The summed E-state index contributed by atoms with van der Waals surface area (Å²) >= 11 is 0. The van der Waals surface area contributed by atoms with Gasteiger partial charge in [-0.25, -0.2) is 4.79 Å². The summed E-state index contributed by atoms with van der Waals surface area (Å²) in [5.74, 6) is 0.665. The summed E-state index contributed by atoms with van der Waals surface area (Å²) in [7, 11) is 0. The Morgan fingerprint density at radius 3 is 2.45 bits per heavy atom. The molecule has 0 unspecified atom stereocenters. The van der Waals surface area contributed by atoms with Crippen LogP contribution >= 0.6 is 0 Å². The van der Waals surface area contributed by atoms with E-state index in [-0.39, 0.29) is 11.4 Å². The molecule has 0 fully saturated rings. The maximum atomic E-state index is 12.0. The van der Waals surface area contributed by atoms with E-state index in [9.17, 15) is 9.90 Å². The van der Waals surface area contributed by atoms with E-state index in [1.807, 2.05) is 18.2 Å². The van der Waals surface area contributed by atoms with Crippen LogP contribution in [0.3, 0.4) is 0 Å². The number of hydrogen-bond acceptors (Lipinski definition) is 3. The summed E-state index contributed by atoms with van der Waals surface area (Å²) in [4.78, 5) is 12.0. The highest BCUT2D eigenvalue weighted by atomic mass is 16.4. The first-order valence-electron chi connectivity index (χ1n) is 8.09. The molecule has 2 rings (SSSR count). The Labute approximate surface area is 131 Å². The lowest BCUT2D eigenvalue weighted by molar-refractivity contribution is 0.407. The third-order valence-electron chi connectivity index (χ3n) is 3.84. The van der Waals surface area contributed by atoms with Gasteiger partial charge >= 0.3 is 5.63 Å². The Morgan fingerprint density at radius 2 is 1.77 bits per heavy atom. The summed E-state index contributed by atoms with van der Waals surface area (Å²) < 4.78 is 5.32. The molecule has 0 atom stereocenters. The molecule has 0 amide bonds. The van der Waals surface area contributed by atoms with E-state index in [4.69, 9.17) is 4.42 Å². The van der Waals surface area contributed by atoms with Crippen molar-refractivity contribution in [1.29, 1.82) is 0 Å². The Balaban J connectivity index is 1.95. The minimum atomic E-state index is -0.389. The molecule has 1 aromatic heterocycles. The van der Waals surface area contributed by atoms with Gasteiger partial charge in [0.2, 0.25) is 0 Å². The van der Waals surface area contributed by atoms with Crippen LogP contribution in [-0.4, -0.2) is 5.11 Å². The van der Waals surface area contributed by atoms with E-state index >= 15 is 0 Å². The summed E-state index contributed by atoms with van der Waals surface area (Å²) in [6, 6.07) is 11.7. The first-order valence-corrected chi connectivity index (χ1v) is 8.09. The summed E-state index contributed by atoms with van der Waals surface area (Å²) in [5.41, 5.74) is 1.25. The van der Waals surface area contributed by atoms with Gasteiger partial charge in [-0.05, 0) is 31.2 Å². The Bertz CT molecular complexity index is 629. The van der Waals surface area contributed by atoms with E-state index in [0.717, 1.165) is 32.1 Å². The van der Waals surface area contributed by atoms with Crippen LogP contribution in [0, 0.1) is 0 Å². The van der Waals surface area contributed by atoms with E-state index < -0.39 is 0 Å². The molecule has 1 heterocycles. The van der Waals surface area contributed by atoms with Crippen molar-refractivity contribution < 1.29 is 9.52 Å².